The van der Waals surface area contributed by atoms with Crippen LogP contribution in [0.1, 0.15) is 60.5 Å². The molecular formula is C19H25N3O3. The predicted molar refractivity (Wildman–Crippen MR) is 95.6 cm³/mol. The Labute approximate surface area is 147 Å². The molecule has 2 aromatic rings. The second-order valence-corrected chi connectivity index (χ2v) is 7.23. The Kier molecular flexibility index (Phi) is 5.30. The summed E-state index contributed by atoms with van der Waals surface area (Å²) in [5.74, 6) is -1.34. The smallest absolute Gasteiger partial charge is 0.305 e. The number of aliphatic carboxylic acids is 1. The molecule has 0 saturated carbocycles. The third-order valence-corrected chi connectivity index (χ3v) is 4.00. The summed E-state index contributed by atoms with van der Waals surface area (Å²) in [6, 6.07) is 8.56. The number of aryl methyl sites for hydroxylation is 2. The molecule has 0 radical (unpaired) electrons. The average molecular weight is 343 g/mol. The number of nitrogens with one attached hydrogen (secondary N) is 1. The normalized spacial score (nSPS) is 12.7. The van der Waals surface area contributed by atoms with Crippen LogP contribution < -0.4 is 5.32 Å². The number of amides is 1. The summed E-state index contributed by atoms with van der Waals surface area (Å²) < 4.78 is 1.79. The number of nitrogens with zero attached hydrogens (tertiary/aromatic N) is 2. The quantitative estimate of drug-likeness (QED) is 0.873. The van der Waals surface area contributed by atoms with Crippen molar-refractivity contribution in [3.63, 3.8) is 0 Å². The monoisotopic (exact) mass is 343 g/mol. The van der Waals surface area contributed by atoms with Gasteiger partial charge in [-0.05, 0) is 51.8 Å². The summed E-state index contributed by atoms with van der Waals surface area (Å²) in [5.41, 5.74) is 2.66. The van der Waals surface area contributed by atoms with Crippen molar-refractivity contribution >= 4 is 11.9 Å². The van der Waals surface area contributed by atoms with Gasteiger partial charge in [-0.15, -0.1) is 0 Å². The van der Waals surface area contributed by atoms with Gasteiger partial charge >= 0.3 is 5.97 Å². The van der Waals surface area contributed by atoms with E-state index in [2.05, 4.69) is 10.4 Å². The fourth-order valence-corrected chi connectivity index (χ4v) is 2.89. The highest BCUT2D eigenvalue weighted by molar-refractivity contribution is 5.93. The van der Waals surface area contributed by atoms with Crippen molar-refractivity contribution in [2.45, 2.75) is 52.6 Å². The number of carboxylic acid groups (broad SMARTS) is 1. The van der Waals surface area contributed by atoms with Gasteiger partial charge in [0.25, 0.3) is 5.91 Å². The van der Waals surface area contributed by atoms with Crippen molar-refractivity contribution in [3.8, 4) is 0 Å². The van der Waals surface area contributed by atoms with E-state index in [0.29, 0.717) is 0 Å². The van der Waals surface area contributed by atoms with Gasteiger partial charge in [-0.1, -0.05) is 24.3 Å². The number of aromatic nitrogens is 2. The SMILES string of the molecule is Cc1ccccc1[C@@H](CC(=O)O)NC(=O)c1cc(C)n(C(C)(C)C)n1. The van der Waals surface area contributed by atoms with Crippen molar-refractivity contribution in [2.24, 2.45) is 0 Å². The van der Waals surface area contributed by atoms with Crippen LogP contribution in [0.4, 0.5) is 0 Å². The lowest BCUT2D eigenvalue weighted by Crippen LogP contribution is -2.31. The maximum absolute atomic E-state index is 12.6. The summed E-state index contributed by atoms with van der Waals surface area (Å²) in [6.45, 7) is 9.82. The van der Waals surface area contributed by atoms with Crippen molar-refractivity contribution < 1.29 is 14.7 Å². The number of hydrogen-bond acceptors (Lipinski definition) is 3. The minimum absolute atomic E-state index is 0.185. The number of carbonyl (C=O) groups is 2. The maximum atomic E-state index is 12.6. The Hall–Kier alpha value is -2.63. The van der Waals surface area contributed by atoms with Crippen LogP contribution in [0.3, 0.4) is 0 Å². The highest BCUT2D eigenvalue weighted by Gasteiger charge is 2.24. The van der Waals surface area contributed by atoms with Gasteiger partial charge in [-0.25, -0.2) is 0 Å². The van der Waals surface area contributed by atoms with E-state index >= 15 is 0 Å². The van der Waals surface area contributed by atoms with E-state index in [1.54, 1.807) is 10.7 Å². The second kappa shape index (κ2) is 7.09. The molecule has 0 aliphatic carbocycles. The molecule has 0 unspecified atom stereocenters. The fraction of sp³-hybridized carbons (Fsp3) is 0.421. The molecule has 0 fully saturated rings. The molecule has 1 amide bonds. The molecule has 2 rings (SSSR count). The molecule has 0 saturated heterocycles. The molecule has 6 heteroatoms. The first-order valence-electron chi connectivity index (χ1n) is 8.25. The van der Waals surface area contributed by atoms with Gasteiger partial charge in [-0.2, -0.15) is 5.10 Å². The van der Waals surface area contributed by atoms with E-state index in [1.807, 2.05) is 58.9 Å². The van der Waals surface area contributed by atoms with Crippen LogP contribution in [-0.4, -0.2) is 26.8 Å². The van der Waals surface area contributed by atoms with E-state index in [9.17, 15) is 14.7 Å². The molecule has 0 spiro atoms. The molecule has 2 N–H and O–H groups in total. The zero-order valence-electron chi connectivity index (χ0n) is 15.3. The summed E-state index contributed by atoms with van der Waals surface area (Å²) in [5, 5.41) is 16.4. The Morgan fingerprint density at radius 2 is 1.88 bits per heavy atom. The van der Waals surface area contributed by atoms with E-state index in [-0.39, 0.29) is 23.6 Å². The van der Waals surface area contributed by atoms with Gasteiger partial charge in [0.05, 0.1) is 18.0 Å². The molecule has 1 heterocycles. The van der Waals surface area contributed by atoms with Crippen LogP contribution in [0, 0.1) is 13.8 Å². The van der Waals surface area contributed by atoms with Gasteiger partial charge in [0.2, 0.25) is 0 Å². The number of rotatable bonds is 5. The standard InChI is InChI=1S/C19H25N3O3/c1-12-8-6-7-9-14(12)15(11-17(23)24)20-18(25)16-10-13(2)22(21-16)19(3,4)5/h6-10,15H,11H2,1-5H3,(H,20,25)(H,23,24)/t15-/m1/s1. The summed E-state index contributed by atoms with van der Waals surface area (Å²) in [7, 11) is 0. The van der Waals surface area contributed by atoms with Crippen LogP contribution in [0.2, 0.25) is 0 Å². The number of carbonyl (C=O) groups excluding carboxylic acids is 1. The molecule has 0 aliphatic rings. The van der Waals surface area contributed by atoms with Crippen molar-refractivity contribution in [1.29, 1.82) is 0 Å². The Bertz CT molecular complexity index is 787. The summed E-state index contributed by atoms with van der Waals surface area (Å²) in [4.78, 5) is 23.9. The average Bonchev–Trinajstić information content (AvgIpc) is 2.89. The number of benzene rings is 1. The second-order valence-electron chi connectivity index (χ2n) is 7.23. The predicted octanol–water partition coefficient (Wildman–Crippen LogP) is 3.20. The number of carboxylic acids is 1. The third-order valence-electron chi connectivity index (χ3n) is 4.00. The Morgan fingerprint density at radius 3 is 2.40 bits per heavy atom. The van der Waals surface area contributed by atoms with Gasteiger partial charge in [-0.3, -0.25) is 14.3 Å². The minimum atomic E-state index is -0.968. The largest absolute Gasteiger partial charge is 0.481 e. The topological polar surface area (TPSA) is 84.2 Å². The van der Waals surface area contributed by atoms with Crippen molar-refractivity contribution in [1.82, 2.24) is 15.1 Å². The van der Waals surface area contributed by atoms with Gasteiger partial charge in [0.15, 0.2) is 0 Å². The van der Waals surface area contributed by atoms with Crippen LogP contribution in [0.25, 0.3) is 0 Å². The molecule has 134 valence electrons. The van der Waals surface area contributed by atoms with Crippen molar-refractivity contribution in [3.05, 3.63) is 52.8 Å². The highest BCUT2D eigenvalue weighted by Crippen LogP contribution is 2.22. The first-order chi connectivity index (χ1) is 11.6. The van der Waals surface area contributed by atoms with E-state index in [1.165, 1.54) is 0 Å². The zero-order chi connectivity index (χ0) is 18.8. The fourth-order valence-electron chi connectivity index (χ4n) is 2.89. The first-order valence-corrected chi connectivity index (χ1v) is 8.25. The Morgan fingerprint density at radius 1 is 1.24 bits per heavy atom. The Balaban J connectivity index is 2.29. The summed E-state index contributed by atoms with van der Waals surface area (Å²) >= 11 is 0. The van der Waals surface area contributed by atoms with Gasteiger partial charge < -0.3 is 10.4 Å². The van der Waals surface area contributed by atoms with Crippen LogP contribution in [0.15, 0.2) is 30.3 Å². The lowest BCUT2D eigenvalue weighted by atomic mass is 9.98. The molecule has 25 heavy (non-hydrogen) atoms. The molecule has 6 nitrogen and oxygen atoms in total. The van der Waals surface area contributed by atoms with E-state index in [0.717, 1.165) is 16.8 Å². The van der Waals surface area contributed by atoms with E-state index < -0.39 is 12.0 Å². The molecule has 1 aromatic heterocycles. The van der Waals surface area contributed by atoms with Crippen LogP contribution in [-0.2, 0) is 10.3 Å². The van der Waals surface area contributed by atoms with Crippen molar-refractivity contribution in [2.75, 3.05) is 0 Å². The molecular weight excluding hydrogens is 318 g/mol. The lowest BCUT2D eigenvalue weighted by Gasteiger charge is -2.21. The molecule has 0 aliphatic heterocycles. The first kappa shape index (κ1) is 18.7. The maximum Gasteiger partial charge on any atom is 0.305 e. The lowest BCUT2D eigenvalue weighted by molar-refractivity contribution is -0.137. The molecule has 0 bridgehead atoms. The number of hydrogen-bond donors (Lipinski definition) is 2. The van der Waals surface area contributed by atoms with Crippen LogP contribution >= 0.6 is 0 Å². The molecule has 1 atom stereocenters. The zero-order valence-corrected chi connectivity index (χ0v) is 15.3. The van der Waals surface area contributed by atoms with Gasteiger partial charge in [0, 0.05) is 5.69 Å². The highest BCUT2D eigenvalue weighted by atomic mass is 16.4. The minimum Gasteiger partial charge on any atom is -0.481 e. The van der Waals surface area contributed by atoms with Gasteiger partial charge in [0.1, 0.15) is 5.69 Å². The molecule has 1 aromatic carbocycles. The van der Waals surface area contributed by atoms with Crippen LogP contribution in [0.5, 0.6) is 0 Å². The third kappa shape index (κ3) is 4.47. The van der Waals surface area contributed by atoms with E-state index in [4.69, 9.17) is 0 Å². The summed E-state index contributed by atoms with van der Waals surface area (Å²) in [6.07, 6.45) is -0.185.